The van der Waals surface area contributed by atoms with Crippen molar-refractivity contribution < 1.29 is 14.6 Å². The molecule has 6 heteroatoms. The first-order valence-electron chi connectivity index (χ1n) is 11.4. The second-order valence-corrected chi connectivity index (χ2v) is 9.58. The molecule has 1 saturated carbocycles. The van der Waals surface area contributed by atoms with Crippen molar-refractivity contribution in [2.45, 2.75) is 45.1 Å². The maximum Gasteiger partial charge on any atom is 0.267 e. The highest BCUT2D eigenvalue weighted by molar-refractivity contribution is 8.18. The molecule has 0 bridgehead atoms. The lowest BCUT2D eigenvalue weighted by Crippen LogP contribution is -2.44. The van der Waals surface area contributed by atoms with Gasteiger partial charge in [-0.3, -0.25) is 9.69 Å². The quantitative estimate of drug-likeness (QED) is 0.403. The lowest BCUT2D eigenvalue weighted by Gasteiger charge is -2.35. The van der Waals surface area contributed by atoms with Crippen LogP contribution in [0.15, 0.2) is 65.0 Å². The maximum atomic E-state index is 13.6. The number of carbonyl (C=O) groups is 1. The fourth-order valence-electron chi connectivity index (χ4n) is 4.54. The molecule has 5 nitrogen and oxygen atoms in total. The molecule has 2 aliphatic rings. The number of thioether (sulfide) groups is 1. The zero-order valence-corrected chi connectivity index (χ0v) is 20.0. The van der Waals surface area contributed by atoms with Gasteiger partial charge in [0.1, 0.15) is 0 Å². The third-order valence-electron chi connectivity index (χ3n) is 6.27. The molecule has 4 rings (SSSR count). The Morgan fingerprint density at radius 1 is 1.24 bits per heavy atom. The van der Waals surface area contributed by atoms with Gasteiger partial charge in [0.05, 0.1) is 17.7 Å². The first-order chi connectivity index (χ1) is 16.0. The summed E-state index contributed by atoms with van der Waals surface area (Å²) in [6.45, 7) is 6.00. The van der Waals surface area contributed by atoms with E-state index in [9.17, 15) is 9.90 Å². The molecule has 33 heavy (non-hydrogen) atoms. The van der Waals surface area contributed by atoms with Crippen molar-refractivity contribution >= 4 is 34.6 Å². The van der Waals surface area contributed by atoms with Crippen LogP contribution >= 0.6 is 11.8 Å². The van der Waals surface area contributed by atoms with Gasteiger partial charge in [-0.15, -0.1) is 6.58 Å². The Morgan fingerprint density at radius 2 is 2.00 bits per heavy atom. The lowest BCUT2D eigenvalue weighted by atomic mass is 9.85. The van der Waals surface area contributed by atoms with E-state index in [1.807, 2.05) is 47.4 Å². The summed E-state index contributed by atoms with van der Waals surface area (Å²) in [5.41, 5.74) is 2.35. The standard InChI is InChI=1S/C27H30N2O3S/c1-4-10-20-15-19(16-23(32-3)25(20)30)17-24-26(31)29(22-14-9-8-11-18(22)2)27(33-24)28-21-12-6-5-7-13-21/h4-7,12-13,15-18,22,30H,1,8-11,14H2,2-3H3/b24-17-,28-27?/t18-,22+/m1/s1. The van der Waals surface area contributed by atoms with Crippen LogP contribution in [-0.2, 0) is 11.2 Å². The van der Waals surface area contributed by atoms with Crippen LogP contribution in [0.25, 0.3) is 6.08 Å². The minimum atomic E-state index is -0.00857. The first-order valence-corrected chi connectivity index (χ1v) is 12.2. The number of para-hydroxylation sites is 1. The van der Waals surface area contributed by atoms with Crippen molar-refractivity contribution in [3.8, 4) is 11.5 Å². The summed E-state index contributed by atoms with van der Waals surface area (Å²) in [6.07, 6.45) is 8.56. The predicted octanol–water partition coefficient (Wildman–Crippen LogP) is 6.31. The Morgan fingerprint density at radius 3 is 2.70 bits per heavy atom. The SMILES string of the molecule is C=CCc1cc(/C=C2\SC(=Nc3ccccc3)N([C@H]3CCCC[C@H]3C)C2=O)cc(OC)c1O. The number of hydrogen-bond donors (Lipinski definition) is 1. The topological polar surface area (TPSA) is 62.1 Å². The molecule has 2 aromatic carbocycles. The number of nitrogens with zero attached hydrogens (tertiary/aromatic N) is 2. The van der Waals surface area contributed by atoms with Gasteiger partial charge in [0.15, 0.2) is 16.7 Å². The van der Waals surface area contributed by atoms with Crippen molar-refractivity contribution in [2.24, 2.45) is 10.9 Å². The number of ether oxygens (including phenoxy) is 1. The average Bonchev–Trinajstić information content (AvgIpc) is 3.11. The smallest absolute Gasteiger partial charge is 0.267 e. The van der Waals surface area contributed by atoms with Crippen LogP contribution in [0.4, 0.5) is 5.69 Å². The van der Waals surface area contributed by atoms with E-state index in [1.54, 1.807) is 12.1 Å². The molecule has 1 heterocycles. The Balaban J connectivity index is 1.75. The third kappa shape index (κ3) is 5.01. The molecule has 172 valence electrons. The van der Waals surface area contributed by atoms with Gasteiger partial charge in [-0.1, -0.05) is 44.0 Å². The summed E-state index contributed by atoms with van der Waals surface area (Å²) >= 11 is 1.41. The van der Waals surface area contributed by atoms with Gasteiger partial charge in [-0.05, 0) is 72.8 Å². The molecule has 0 radical (unpaired) electrons. The maximum absolute atomic E-state index is 13.6. The van der Waals surface area contributed by atoms with Crippen LogP contribution in [-0.4, -0.2) is 34.2 Å². The van der Waals surface area contributed by atoms with Crippen LogP contribution in [0.3, 0.4) is 0 Å². The van der Waals surface area contributed by atoms with Crippen molar-refractivity contribution in [1.29, 1.82) is 0 Å². The van der Waals surface area contributed by atoms with Crippen molar-refractivity contribution in [1.82, 2.24) is 4.90 Å². The highest BCUT2D eigenvalue weighted by atomic mass is 32.2. The molecular weight excluding hydrogens is 432 g/mol. The summed E-state index contributed by atoms with van der Waals surface area (Å²) in [6, 6.07) is 13.6. The fourth-order valence-corrected chi connectivity index (χ4v) is 5.59. The molecule has 2 atom stereocenters. The number of phenolic OH excluding ortho intramolecular Hbond substituents is 1. The number of rotatable bonds is 6. The predicted molar refractivity (Wildman–Crippen MR) is 136 cm³/mol. The van der Waals surface area contributed by atoms with Gasteiger partial charge in [0.25, 0.3) is 5.91 Å². The normalized spacial score (nSPS) is 23.3. The zero-order valence-electron chi connectivity index (χ0n) is 19.2. The minimum Gasteiger partial charge on any atom is -0.504 e. The van der Waals surface area contributed by atoms with E-state index >= 15 is 0 Å². The Bertz CT molecular complexity index is 1090. The highest BCUT2D eigenvalue weighted by Gasteiger charge is 2.41. The van der Waals surface area contributed by atoms with Crippen molar-refractivity contribution in [3.05, 3.63) is 71.2 Å². The van der Waals surface area contributed by atoms with E-state index in [1.165, 1.54) is 25.3 Å². The van der Waals surface area contributed by atoms with E-state index in [0.29, 0.717) is 28.6 Å². The largest absolute Gasteiger partial charge is 0.504 e. The third-order valence-corrected chi connectivity index (χ3v) is 7.26. The number of allylic oxidation sites excluding steroid dienone is 1. The fraction of sp³-hybridized carbons (Fsp3) is 0.333. The van der Waals surface area contributed by atoms with E-state index in [2.05, 4.69) is 13.5 Å². The number of amidine groups is 1. The van der Waals surface area contributed by atoms with Crippen LogP contribution in [0.1, 0.15) is 43.7 Å². The molecule has 1 aliphatic carbocycles. The zero-order chi connectivity index (χ0) is 23.4. The van der Waals surface area contributed by atoms with Gasteiger partial charge in [-0.25, -0.2) is 4.99 Å². The van der Waals surface area contributed by atoms with Crippen LogP contribution in [0.2, 0.25) is 0 Å². The molecule has 2 aromatic rings. The summed E-state index contributed by atoms with van der Waals surface area (Å²) in [5.74, 6) is 0.906. The molecule has 1 aliphatic heterocycles. The summed E-state index contributed by atoms with van der Waals surface area (Å²) in [4.78, 5) is 21.0. The summed E-state index contributed by atoms with van der Waals surface area (Å²) < 4.78 is 5.36. The van der Waals surface area contributed by atoms with Gasteiger partial charge in [-0.2, -0.15) is 0 Å². The Kier molecular flexibility index (Phi) is 7.23. The highest BCUT2D eigenvalue weighted by Crippen LogP contribution is 2.41. The van der Waals surface area contributed by atoms with Crippen molar-refractivity contribution in [3.63, 3.8) is 0 Å². The average molecular weight is 463 g/mol. The summed E-state index contributed by atoms with van der Waals surface area (Å²) in [5, 5.41) is 11.1. The van der Waals surface area contributed by atoms with Crippen LogP contribution in [0.5, 0.6) is 11.5 Å². The number of carbonyl (C=O) groups excluding carboxylic acids is 1. The number of aliphatic imine (C=N–C) groups is 1. The minimum absolute atomic E-state index is 0.00857. The van der Waals surface area contributed by atoms with E-state index in [0.717, 1.165) is 35.7 Å². The second kappa shape index (κ2) is 10.3. The molecule has 0 spiro atoms. The van der Waals surface area contributed by atoms with Crippen LogP contribution < -0.4 is 4.74 Å². The lowest BCUT2D eigenvalue weighted by molar-refractivity contribution is -0.124. The molecule has 1 N–H and O–H groups in total. The van der Waals surface area contributed by atoms with Crippen LogP contribution in [0, 0.1) is 5.92 Å². The Labute approximate surface area is 199 Å². The van der Waals surface area contributed by atoms with E-state index < -0.39 is 0 Å². The number of phenols is 1. The molecule has 2 fully saturated rings. The first kappa shape index (κ1) is 23.2. The monoisotopic (exact) mass is 462 g/mol. The molecule has 1 saturated heterocycles. The van der Waals surface area contributed by atoms with Gasteiger partial charge in [0.2, 0.25) is 0 Å². The molecule has 0 unspecified atom stereocenters. The van der Waals surface area contributed by atoms with Gasteiger partial charge in [0, 0.05) is 11.6 Å². The van der Waals surface area contributed by atoms with E-state index in [-0.39, 0.29) is 17.7 Å². The number of methoxy groups -OCH3 is 1. The van der Waals surface area contributed by atoms with Crippen molar-refractivity contribution in [2.75, 3.05) is 7.11 Å². The van der Waals surface area contributed by atoms with Gasteiger partial charge < -0.3 is 9.84 Å². The number of hydrogen-bond acceptors (Lipinski definition) is 5. The van der Waals surface area contributed by atoms with Gasteiger partial charge >= 0.3 is 0 Å². The molecule has 0 aromatic heterocycles. The summed E-state index contributed by atoms with van der Waals surface area (Å²) in [7, 11) is 1.52. The molecular formula is C27H30N2O3S. The second-order valence-electron chi connectivity index (χ2n) is 8.57. The Hall–Kier alpha value is -2.99. The number of aromatic hydroxyl groups is 1. The number of benzene rings is 2. The number of amides is 1. The van der Waals surface area contributed by atoms with E-state index in [4.69, 9.17) is 9.73 Å². The molecule has 1 amide bonds.